The van der Waals surface area contributed by atoms with Crippen molar-refractivity contribution < 1.29 is 19.1 Å². The van der Waals surface area contributed by atoms with Crippen molar-refractivity contribution in [3.63, 3.8) is 0 Å². The summed E-state index contributed by atoms with van der Waals surface area (Å²) in [6.07, 6.45) is 1.64. The van der Waals surface area contributed by atoms with Gasteiger partial charge in [0, 0.05) is 8.95 Å². The standard InChI is InChI=1S/C27H24Br2N2O4/c1-3-34-24-13-20(22(29)14-25(24)35-16-18-7-9-21(28)10-8-18)12-23-26(32)31(27(33)30-23)15-19-6-4-5-17(2)11-19/h4-14H,3,15-16H2,1-2H3,(H,30,33)/b23-12+. The summed E-state index contributed by atoms with van der Waals surface area (Å²) in [6, 6.07) is 18.8. The number of nitrogens with zero attached hydrogens (tertiary/aromatic N) is 1. The predicted molar refractivity (Wildman–Crippen MR) is 142 cm³/mol. The van der Waals surface area contributed by atoms with Crippen LogP contribution >= 0.6 is 31.9 Å². The molecular formula is C27H24Br2N2O4. The van der Waals surface area contributed by atoms with Gasteiger partial charge < -0.3 is 14.8 Å². The molecule has 3 aromatic rings. The van der Waals surface area contributed by atoms with Gasteiger partial charge in [0.2, 0.25) is 0 Å². The maximum atomic E-state index is 13.0. The van der Waals surface area contributed by atoms with E-state index in [2.05, 4.69) is 37.2 Å². The monoisotopic (exact) mass is 598 g/mol. The van der Waals surface area contributed by atoms with Crippen LogP contribution in [0.2, 0.25) is 0 Å². The highest BCUT2D eigenvalue weighted by molar-refractivity contribution is 9.10. The van der Waals surface area contributed by atoms with Crippen molar-refractivity contribution >= 4 is 49.9 Å². The highest BCUT2D eigenvalue weighted by Gasteiger charge is 2.33. The highest BCUT2D eigenvalue weighted by atomic mass is 79.9. The normalized spacial score (nSPS) is 14.4. The number of hydrogen-bond acceptors (Lipinski definition) is 4. The zero-order valence-electron chi connectivity index (χ0n) is 19.3. The van der Waals surface area contributed by atoms with Gasteiger partial charge in [-0.3, -0.25) is 9.69 Å². The maximum absolute atomic E-state index is 13.0. The second-order valence-electron chi connectivity index (χ2n) is 8.04. The quantitative estimate of drug-likeness (QED) is 0.234. The van der Waals surface area contributed by atoms with Crippen LogP contribution in [0.3, 0.4) is 0 Å². The summed E-state index contributed by atoms with van der Waals surface area (Å²) >= 11 is 7.00. The molecule has 0 atom stereocenters. The van der Waals surface area contributed by atoms with E-state index >= 15 is 0 Å². The Bertz CT molecular complexity index is 1290. The highest BCUT2D eigenvalue weighted by Crippen LogP contribution is 2.36. The van der Waals surface area contributed by atoms with Gasteiger partial charge in [0.1, 0.15) is 12.3 Å². The molecule has 1 N–H and O–H groups in total. The van der Waals surface area contributed by atoms with E-state index in [9.17, 15) is 9.59 Å². The number of carbonyl (C=O) groups excluding carboxylic acids is 2. The number of halogens is 2. The molecule has 8 heteroatoms. The van der Waals surface area contributed by atoms with Gasteiger partial charge in [0.15, 0.2) is 11.5 Å². The minimum absolute atomic E-state index is 0.203. The Morgan fingerprint density at radius 3 is 2.40 bits per heavy atom. The van der Waals surface area contributed by atoms with Crippen LogP contribution in [-0.4, -0.2) is 23.4 Å². The van der Waals surface area contributed by atoms with Crippen molar-refractivity contribution in [1.82, 2.24) is 10.2 Å². The molecule has 0 bridgehead atoms. The molecule has 35 heavy (non-hydrogen) atoms. The third kappa shape index (κ3) is 6.13. The smallest absolute Gasteiger partial charge is 0.329 e. The Labute approximate surface area is 221 Å². The van der Waals surface area contributed by atoms with Gasteiger partial charge in [-0.1, -0.05) is 73.8 Å². The van der Waals surface area contributed by atoms with Gasteiger partial charge in [-0.05, 0) is 60.9 Å². The third-order valence-corrected chi connectivity index (χ3v) is 6.57. The van der Waals surface area contributed by atoms with E-state index in [4.69, 9.17) is 9.47 Å². The molecule has 4 rings (SSSR count). The van der Waals surface area contributed by atoms with Gasteiger partial charge >= 0.3 is 6.03 Å². The van der Waals surface area contributed by atoms with Crippen molar-refractivity contribution in [3.8, 4) is 11.5 Å². The fraction of sp³-hybridized carbons (Fsp3) is 0.185. The Balaban J connectivity index is 1.55. The first-order valence-electron chi connectivity index (χ1n) is 11.1. The fourth-order valence-electron chi connectivity index (χ4n) is 3.65. The van der Waals surface area contributed by atoms with E-state index < -0.39 is 6.03 Å². The summed E-state index contributed by atoms with van der Waals surface area (Å²) in [5.41, 5.74) is 3.87. The molecule has 6 nitrogen and oxygen atoms in total. The fourth-order valence-corrected chi connectivity index (χ4v) is 4.35. The number of benzene rings is 3. The first-order valence-corrected chi connectivity index (χ1v) is 12.7. The SMILES string of the molecule is CCOc1cc(/C=C2/NC(=O)N(Cc3cccc(C)c3)C2=O)c(Br)cc1OCc1ccc(Br)cc1. The number of carbonyl (C=O) groups is 2. The van der Waals surface area contributed by atoms with Crippen LogP contribution in [-0.2, 0) is 17.9 Å². The average molecular weight is 600 g/mol. The van der Waals surface area contributed by atoms with Gasteiger partial charge in [-0.25, -0.2) is 4.79 Å². The Morgan fingerprint density at radius 1 is 0.943 bits per heavy atom. The number of aryl methyl sites for hydroxylation is 1. The molecule has 0 aliphatic carbocycles. The van der Waals surface area contributed by atoms with E-state index in [1.54, 1.807) is 12.1 Å². The first-order chi connectivity index (χ1) is 16.8. The summed E-state index contributed by atoms with van der Waals surface area (Å²) in [5.74, 6) is 0.747. The minimum Gasteiger partial charge on any atom is -0.490 e. The van der Waals surface area contributed by atoms with Gasteiger partial charge in [0.25, 0.3) is 5.91 Å². The third-order valence-electron chi connectivity index (χ3n) is 5.36. The molecular weight excluding hydrogens is 576 g/mol. The van der Waals surface area contributed by atoms with Crippen LogP contribution in [0.5, 0.6) is 11.5 Å². The van der Waals surface area contributed by atoms with Crippen LogP contribution in [0, 0.1) is 6.92 Å². The lowest BCUT2D eigenvalue weighted by molar-refractivity contribution is -0.123. The van der Waals surface area contributed by atoms with E-state index in [1.807, 2.05) is 68.4 Å². The number of amides is 3. The lowest BCUT2D eigenvalue weighted by Crippen LogP contribution is -2.30. The van der Waals surface area contributed by atoms with E-state index in [0.29, 0.717) is 34.7 Å². The number of ether oxygens (including phenoxy) is 2. The summed E-state index contributed by atoms with van der Waals surface area (Å²) in [4.78, 5) is 26.7. The summed E-state index contributed by atoms with van der Waals surface area (Å²) in [5, 5.41) is 2.68. The number of urea groups is 1. The second kappa shape index (κ2) is 11.1. The molecule has 1 heterocycles. The molecule has 0 saturated carbocycles. The molecule has 3 amide bonds. The largest absolute Gasteiger partial charge is 0.490 e. The van der Waals surface area contributed by atoms with Crippen molar-refractivity contribution in [2.45, 2.75) is 27.0 Å². The van der Waals surface area contributed by atoms with Crippen LogP contribution < -0.4 is 14.8 Å². The van der Waals surface area contributed by atoms with Crippen molar-refractivity contribution in [2.75, 3.05) is 6.61 Å². The Kier molecular flexibility index (Phi) is 7.93. The molecule has 0 radical (unpaired) electrons. The number of nitrogens with one attached hydrogen (secondary N) is 1. The Hall–Kier alpha value is -3.10. The van der Waals surface area contributed by atoms with Crippen molar-refractivity contribution in [1.29, 1.82) is 0 Å². The summed E-state index contributed by atoms with van der Waals surface area (Å²) in [6.45, 7) is 4.90. The van der Waals surface area contributed by atoms with Crippen molar-refractivity contribution in [3.05, 3.63) is 97.6 Å². The van der Waals surface area contributed by atoms with Gasteiger partial charge in [-0.2, -0.15) is 0 Å². The molecule has 1 aliphatic heterocycles. The Morgan fingerprint density at radius 2 is 1.69 bits per heavy atom. The minimum atomic E-state index is -0.446. The summed E-state index contributed by atoms with van der Waals surface area (Å²) < 4.78 is 13.5. The topological polar surface area (TPSA) is 67.9 Å². The number of rotatable bonds is 8. The molecule has 0 unspecified atom stereocenters. The number of hydrogen-bond donors (Lipinski definition) is 1. The van der Waals surface area contributed by atoms with Crippen LogP contribution in [0.15, 0.2) is 75.3 Å². The van der Waals surface area contributed by atoms with E-state index in [-0.39, 0.29) is 18.1 Å². The first kappa shape index (κ1) is 25.0. The summed E-state index contributed by atoms with van der Waals surface area (Å²) in [7, 11) is 0. The molecule has 0 aromatic heterocycles. The molecule has 0 spiro atoms. The van der Waals surface area contributed by atoms with E-state index in [0.717, 1.165) is 21.2 Å². The van der Waals surface area contributed by atoms with E-state index in [1.165, 1.54) is 4.90 Å². The molecule has 1 aliphatic rings. The molecule has 1 saturated heterocycles. The van der Waals surface area contributed by atoms with Crippen molar-refractivity contribution in [2.24, 2.45) is 0 Å². The zero-order valence-corrected chi connectivity index (χ0v) is 22.5. The van der Waals surface area contributed by atoms with Gasteiger partial charge in [0.05, 0.1) is 13.2 Å². The molecule has 180 valence electrons. The lowest BCUT2D eigenvalue weighted by Gasteiger charge is -2.14. The van der Waals surface area contributed by atoms with Crippen LogP contribution in [0.1, 0.15) is 29.2 Å². The number of imide groups is 1. The molecule has 1 fully saturated rings. The van der Waals surface area contributed by atoms with Crippen LogP contribution in [0.4, 0.5) is 4.79 Å². The maximum Gasteiger partial charge on any atom is 0.329 e. The van der Waals surface area contributed by atoms with Gasteiger partial charge in [-0.15, -0.1) is 0 Å². The second-order valence-corrected chi connectivity index (χ2v) is 9.81. The van der Waals surface area contributed by atoms with Crippen LogP contribution in [0.25, 0.3) is 6.08 Å². The average Bonchev–Trinajstić information content (AvgIpc) is 3.08. The predicted octanol–water partition coefficient (Wildman–Crippen LogP) is 6.59. The molecule has 3 aromatic carbocycles. The lowest BCUT2D eigenvalue weighted by atomic mass is 10.1. The zero-order chi connectivity index (χ0) is 24.9.